The summed E-state index contributed by atoms with van der Waals surface area (Å²) in [5, 5.41) is 2.08. The average Bonchev–Trinajstić information content (AvgIpc) is 3.29. The molecule has 5 rings (SSSR count). The van der Waals surface area contributed by atoms with E-state index in [9.17, 15) is 0 Å². The highest BCUT2D eigenvalue weighted by Crippen LogP contribution is 2.24. The molecule has 4 aromatic rings. The Bertz CT molecular complexity index is 1060. The van der Waals surface area contributed by atoms with Crippen LogP contribution in [0.25, 0.3) is 22.0 Å². The quantitative estimate of drug-likeness (QED) is 0.526. The van der Waals surface area contributed by atoms with E-state index in [0.29, 0.717) is 0 Å². The number of nitrogens with zero attached hydrogens (tertiary/aromatic N) is 5. The van der Waals surface area contributed by atoms with Gasteiger partial charge in [0.25, 0.3) is 0 Å². The molecule has 0 spiro atoms. The molecule has 0 radical (unpaired) electrons. The SMILES string of the molecule is c1csc(-c2ccc(CN3CCc4nc(-c5ccncc5)ncc4C3)cn2)c1. The van der Waals surface area contributed by atoms with Gasteiger partial charge < -0.3 is 0 Å². The first-order valence-corrected chi connectivity index (χ1v) is 10.2. The minimum atomic E-state index is 0.781. The Hall–Kier alpha value is -2.96. The molecule has 0 saturated heterocycles. The van der Waals surface area contributed by atoms with Gasteiger partial charge in [-0.15, -0.1) is 11.3 Å². The molecule has 0 bridgehead atoms. The fraction of sp³-hybridized carbons (Fsp3) is 0.182. The number of rotatable bonds is 4. The van der Waals surface area contributed by atoms with Crippen molar-refractivity contribution >= 4 is 11.3 Å². The summed E-state index contributed by atoms with van der Waals surface area (Å²) >= 11 is 1.72. The van der Waals surface area contributed by atoms with Gasteiger partial charge in [-0.2, -0.15) is 0 Å². The monoisotopic (exact) mass is 385 g/mol. The van der Waals surface area contributed by atoms with E-state index in [2.05, 4.69) is 49.5 Å². The van der Waals surface area contributed by atoms with Crippen LogP contribution in [-0.2, 0) is 19.5 Å². The molecule has 1 aliphatic rings. The number of aromatic nitrogens is 4. The predicted molar refractivity (Wildman–Crippen MR) is 111 cm³/mol. The predicted octanol–water partition coefficient (Wildman–Crippen LogP) is 4.22. The number of thiophene rings is 1. The van der Waals surface area contributed by atoms with Crippen molar-refractivity contribution in [3.63, 3.8) is 0 Å². The maximum atomic E-state index is 4.79. The van der Waals surface area contributed by atoms with Crippen LogP contribution >= 0.6 is 11.3 Å². The van der Waals surface area contributed by atoms with Gasteiger partial charge in [-0.25, -0.2) is 9.97 Å². The molecule has 0 aliphatic carbocycles. The van der Waals surface area contributed by atoms with Crippen LogP contribution in [0.3, 0.4) is 0 Å². The van der Waals surface area contributed by atoms with Gasteiger partial charge in [-0.3, -0.25) is 14.9 Å². The lowest BCUT2D eigenvalue weighted by Gasteiger charge is -2.28. The lowest BCUT2D eigenvalue weighted by molar-refractivity contribution is 0.242. The maximum absolute atomic E-state index is 4.79. The van der Waals surface area contributed by atoms with Crippen molar-refractivity contribution in [1.29, 1.82) is 0 Å². The van der Waals surface area contributed by atoms with E-state index in [4.69, 9.17) is 4.98 Å². The van der Waals surface area contributed by atoms with Gasteiger partial charge in [0, 0.05) is 62.0 Å². The van der Waals surface area contributed by atoms with E-state index in [0.717, 1.165) is 48.8 Å². The van der Waals surface area contributed by atoms with Gasteiger partial charge in [0.2, 0.25) is 0 Å². The zero-order valence-electron chi connectivity index (χ0n) is 15.3. The first-order valence-electron chi connectivity index (χ1n) is 9.31. The van der Waals surface area contributed by atoms with E-state index >= 15 is 0 Å². The second-order valence-corrected chi connectivity index (χ2v) is 7.84. The van der Waals surface area contributed by atoms with Crippen LogP contribution in [0, 0.1) is 0 Å². The molecular weight excluding hydrogens is 366 g/mol. The molecule has 0 aromatic carbocycles. The molecular formula is C22H19N5S. The Labute approximate surface area is 167 Å². The summed E-state index contributed by atoms with van der Waals surface area (Å²) < 4.78 is 0. The fourth-order valence-electron chi connectivity index (χ4n) is 3.50. The fourth-order valence-corrected chi connectivity index (χ4v) is 4.20. The summed E-state index contributed by atoms with van der Waals surface area (Å²) in [6.45, 7) is 2.76. The van der Waals surface area contributed by atoms with Crippen molar-refractivity contribution in [1.82, 2.24) is 24.8 Å². The molecule has 28 heavy (non-hydrogen) atoms. The molecule has 5 heterocycles. The standard InChI is InChI=1S/C22H19N5S/c1-2-21(28-11-1)20-4-3-16(12-24-20)14-27-10-7-19-18(15-27)13-25-22(26-19)17-5-8-23-9-6-17/h1-6,8-9,11-13H,7,10,14-15H2. The van der Waals surface area contributed by atoms with Crippen molar-refractivity contribution in [3.05, 3.63) is 83.4 Å². The second-order valence-electron chi connectivity index (χ2n) is 6.89. The topological polar surface area (TPSA) is 54.8 Å². The molecule has 0 amide bonds. The van der Waals surface area contributed by atoms with Gasteiger partial charge in [0.05, 0.1) is 16.3 Å². The molecule has 0 saturated carbocycles. The molecule has 0 fully saturated rings. The average molecular weight is 385 g/mol. The van der Waals surface area contributed by atoms with E-state index in [-0.39, 0.29) is 0 Å². The van der Waals surface area contributed by atoms with Crippen molar-refractivity contribution < 1.29 is 0 Å². The van der Waals surface area contributed by atoms with Crippen LogP contribution in [0.2, 0.25) is 0 Å². The Balaban J connectivity index is 1.28. The van der Waals surface area contributed by atoms with Crippen LogP contribution in [0.5, 0.6) is 0 Å². The summed E-state index contributed by atoms with van der Waals surface area (Å²) in [5.41, 5.74) is 5.66. The van der Waals surface area contributed by atoms with Crippen molar-refractivity contribution in [3.8, 4) is 22.0 Å². The number of hydrogen-bond acceptors (Lipinski definition) is 6. The zero-order valence-corrected chi connectivity index (χ0v) is 16.1. The van der Waals surface area contributed by atoms with Crippen molar-refractivity contribution in [2.24, 2.45) is 0 Å². The van der Waals surface area contributed by atoms with Gasteiger partial charge in [-0.1, -0.05) is 12.1 Å². The highest BCUT2D eigenvalue weighted by atomic mass is 32.1. The minimum Gasteiger partial charge on any atom is -0.294 e. The summed E-state index contributed by atoms with van der Waals surface area (Å²) in [4.78, 5) is 21.7. The van der Waals surface area contributed by atoms with Crippen LogP contribution in [0.1, 0.15) is 16.8 Å². The number of fused-ring (bicyclic) bond motifs is 1. The Kier molecular flexibility index (Phi) is 4.64. The Morgan fingerprint density at radius 3 is 2.71 bits per heavy atom. The van der Waals surface area contributed by atoms with E-state index < -0.39 is 0 Å². The van der Waals surface area contributed by atoms with Gasteiger partial charge in [0.15, 0.2) is 5.82 Å². The third kappa shape index (κ3) is 3.56. The van der Waals surface area contributed by atoms with Crippen LogP contribution in [0.4, 0.5) is 0 Å². The summed E-state index contributed by atoms with van der Waals surface area (Å²) in [5.74, 6) is 0.781. The first-order chi connectivity index (χ1) is 13.8. The largest absolute Gasteiger partial charge is 0.294 e. The van der Waals surface area contributed by atoms with Gasteiger partial charge in [0.1, 0.15) is 0 Å². The Morgan fingerprint density at radius 2 is 1.93 bits per heavy atom. The highest BCUT2D eigenvalue weighted by Gasteiger charge is 2.19. The molecule has 6 heteroatoms. The molecule has 4 aromatic heterocycles. The van der Waals surface area contributed by atoms with E-state index in [1.807, 2.05) is 24.5 Å². The molecule has 0 atom stereocenters. The van der Waals surface area contributed by atoms with Crippen molar-refractivity contribution in [2.75, 3.05) is 6.54 Å². The lowest BCUT2D eigenvalue weighted by atomic mass is 10.1. The highest BCUT2D eigenvalue weighted by molar-refractivity contribution is 7.13. The minimum absolute atomic E-state index is 0.781. The molecule has 1 aliphatic heterocycles. The van der Waals surface area contributed by atoms with Crippen molar-refractivity contribution in [2.45, 2.75) is 19.5 Å². The number of hydrogen-bond donors (Lipinski definition) is 0. The van der Waals surface area contributed by atoms with Gasteiger partial charge >= 0.3 is 0 Å². The van der Waals surface area contributed by atoms with Crippen LogP contribution in [-0.4, -0.2) is 31.4 Å². The molecule has 138 valence electrons. The molecule has 0 unspecified atom stereocenters. The summed E-state index contributed by atoms with van der Waals surface area (Å²) in [7, 11) is 0. The van der Waals surface area contributed by atoms with Gasteiger partial charge in [-0.05, 0) is 35.2 Å². The molecule has 0 N–H and O–H groups in total. The van der Waals surface area contributed by atoms with Crippen LogP contribution in [0.15, 0.2) is 66.6 Å². The first kappa shape index (κ1) is 17.2. The third-order valence-corrected chi connectivity index (χ3v) is 5.85. The normalized spacial score (nSPS) is 14.0. The summed E-state index contributed by atoms with van der Waals surface area (Å²) in [6, 6.07) is 12.4. The summed E-state index contributed by atoms with van der Waals surface area (Å²) in [6.07, 6.45) is 8.46. The Morgan fingerprint density at radius 1 is 1.00 bits per heavy atom. The maximum Gasteiger partial charge on any atom is 0.159 e. The second kappa shape index (κ2) is 7.58. The lowest BCUT2D eigenvalue weighted by Crippen LogP contribution is -2.31. The van der Waals surface area contributed by atoms with E-state index in [1.165, 1.54) is 16.0 Å². The third-order valence-electron chi connectivity index (χ3n) is 4.96. The van der Waals surface area contributed by atoms with Crippen LogP contribution < -0.4 is 0 Å². The van der Waals surface area contributed by atoms with E-state index in [1.54, 1.807) is 23.7 Å². The smallest absolute Gasteiger partial charge is 0.159 e. The number of pyridine rings is 2. The molecule has 5 nitrogen and oxygen atoms in total. The zero-order chi connectivity index (χ0) is 18.8.